The molecule has 0 aliphatic carbocycles. The van der Waals surface area contributed by atoms with E-state index in [2.05, 4.69) is 5.32 Å². The van der Waals surface area contributed by atoms with Gasteiger partial charge in [-0.05, 0) is 70.4 Å². The third-order valence-corrected chi connectivity index (χ3v) is 5.38. The summed E-state index contributed by atoms with van der Waals surface area (Å²) in [5, 5.41) is 3.31. The fourth-order valence-corrected chi connectivity index (χ4v) is 3.47. The Morgan fingerprint density at radius 3 is 2.46 bits per heavy atom. The van der Waals surface area contributed by atoms with Gasteiger partial charge < -0.3 is 14.8 Å². The monoisotopic (exact) mass is 375 g/mol. The van der Waals surface area contributed by atoms with Gasteiger partial charge in [-0.2, -0.15) is 0 Å². The Labute approximate surface area is 158 Å². The van der Waals surface area contributed by atoms with Crippen LogP contribution < -0.4 is 10.1 Å². The molecular formula is C20H25NO4S. The second-order valence-corrected chi connectivity index (χ2v) is 7.43. The third kappa shape index (κ3) is 4.43. The van der Waals surface area contributed by atoms with Gasteiger partial charge in [-0.25, -0.2) is 4.79 Å². The molecule has 5 nitrogen and oxygen atoms in total. The number of amides is 1. The van der Waals surface area contributed by atoms with Crippen LogP contribution in [0, 0.1) is 27.7 Å². The maximum absolute atomic E-state index is 12.5. The van der Waals surface area contributed by atoms with Crippen LogP contribution in [-0.4, -0.2) is 24.6 Å². The van der Waals surface area contributed by atoms with Crippen molar-refractivity contribution in [2.24, 2.45) is 0 Å². The molecule has 2 aromatic rings. The highest BCUT2D eigenvalue weighted by molar-refractivity contribution is 7.16. The standard InChI is InChI=1S/C20H25NO4S/c1-7-24-20(23)17-13(4)15(6)26-19(17)21-18(22)14(5)25-16-9-8-11(2)12(3)10-16/h8-10,14H,7H2,1-6H3,(H,21,22)/t14-/m1/s1. The molecule has 0 spiro atoms. The van der Waals surface area contributed by atoms with E-state index in [0.717, 1.165) is 21.6 Å². The van der Waals surface area contributed by atoms with Crippen molar-refractivity contribution in [3.8, 4) is 5.75 Å². The van der Waals surface area contributed by atoms with E-state index in [1.807, 2.05) is 45.9 Å². The molecule has 1 aromatic heterocycles. The molecule has 1 atom stereocenters. The molecule has 0 saturated heterocycles. The van der Waals surface area contributed by atoms with Gasteiger partial charge in [0.15, 0.2) is 6.10 Å². The number of hydrogen-bond donors (Lipinski definition) is 1. The van der Waals surface area contributed by atoms with Crippen molar-refractivity contribution in [2.75, 3.05) is 11.9 Å². The maximum Gasteiger partial charge on any atom is 0.341 e. The third-order valence-electron chi connectivity index (χ3n) is 4.26. The normalized spacial score (nSPS) is 11.8. The minimum absolute atomic E-state index is 0.285. The molecule has 1 aromatic carbocycles. The van der Waals surface area contributed by atoms with Crippen LogP contribution in [0.15, 0.2) is 18.2 Å². The van der Waals surface area contributed by atoms with Crippen LogP contribution in [0.25, 0.3) is 0 Å². The lowest BCUT2D eigenvalue weighted by molar-refractivity contribution is -0.122. The summed E-state index contributed by atoms with van der Waals surface area (Å²) in [5.74, 6) is -0.0951. The topological polar surface area (TPSA) is 64.6 Å². The van der Waals surface area contributed by atoms with Crippen LogP contribution in [0.3, 0.4) is 0 Å². The number of thiophene rings is 1. The zero-order valence-corrected chi connectivity index (χ0v) is 16.9. The summed E-state index contributed by atoms with van der Waals surface area (Å²) in [6.45, 7) is 11.5. The second-order valence-electron chi connectivity index (χ2n) is 6.20. The highest BCUT2D eigenvalue weighted by atomic mass is 32.1. The van der Waals surface area contributed by atoms with E-state index in [1.54, 1.807) is 13.8 Å². The molecule has 1 amide bonds. The summed E-state index contributed by atoms with van der Waals surface area (Å²) < 4.78 is 10.9. The minimum atomic E-state index is -0.699. The van der Waals surface area contributed by atoms with Crippen molar-refractivity contribution in [3.63, 3.8) is 0 Å². The largest absolute Gasteiger partial charge is 0.481 e. The Bertz CT molecular complexity index is 825. The van der Waals surface area contributed by atoms with Gasteiger partial charge in [0.2, 0.25) is 0 Å². The number of aryl methyl sites for hydroxylation is 3. The number of rotatable bonds is 6. The smallest absolute Gasteiger partial charge is 0.341 e. The number of hydrogen-bond acceptors (Lipinski definition) is 5. The lowest BCUT2D eigenvalue weighted by Crippen LogP contribution is -2.30. The Kier molecular flexibility index (Phi) is 6.42. The first-order chi connectivity index (χ1) is 12.2. The summed E-state index contributed by atoms with van der Waals surface area (Å²) in [4.78, 5) is 25.7. The second kappa shape index (κ2) is 8.36. The van der Waals surface area contributed by atoms with Gasteiger partial charge in [-0.3, -0.25) is 4.79 Å². The predicted octanol–water partition coefficient (Wildman–Crippen LogP) is 4.56. The van der Waals surface area contributed by atoms with E-state index in [1.165, 1.54) is 11.3 Å². The van der Waals surface area contributed by atoms with Gasteiger partial charge in [-0.15, -0.1) is 11.3 Å². The number of benzene rings is 1. The van der Waals surface area contributed by atoms with Gasteiger partial charge in [0.1, 0.15) is 10.8 Å². The van der Waals surface area contributed by atoms with Crippen LogP contribution in [0.1, 0.15) is 45.8 Å². The lowest BCUT2D eigenvalue weighted by atomic mass is 10.1. The molecule has 1 heterocycles. The van der Waals surface area contributed by atoms with Crippen molar-refractivity contribution in [1.82, 2.24) is 0 Å². The molecule has 0 aliphatic rings. The van der Waals surface area contributed by atoms with Crippen molar-refractivity contribution < 1.29 is 19.1 Å². The molecule has 0 bridgehead atoms. The molecule has 1 N–H and O–H groups in total. The summed E-state index contributed by atoms with van der Waals surface area (Å²) in [6.07, 6.45) is -0.699. The fraction of sp³-hybridized carbons (Fsp3) is 0.400. The number of esters is 1. The molecule has 2 rings (SSSR count). The number of carbonyl (C=O) groups excluding carboxylic acids is 2. The van der Waals surface area contributed by atoms with Gasteiger partial charge in [-0.1, -0.05) is 6.07 Å². The van der Waals surface area contributed by atoms with Crippen LogP contribution in [0.2, 0.25) is 0 Å². The minimum Gasteiger partial charge on any atom is -0.481 e. The average molecular weight is 375 g/mol. The van der Waals surface area contributed by atoms with E-state index >= 15 is 0 Å². The Hall–Kier alpha value is -2.34. The SMILES string of the molecule is CCOC(=O)c1c(NC(=O)[C@@H](C)Oc2ccc(C)c(C)c2)sc(C)c1C. The molecule has 0 fully saturated rings. The molecule has 26 heavy (non-hydrogen) atoms. The summed E-state index contributed by atoms with van der Waals surface area (Å²) in [7, 11) is 0. The van der Waals surface area contributed by atoms with E-state index < -0.39 is 12.1 Å². The van der Waals surface area contributed by atoms with Crippen LogP contribution in [0.4, 0.5) is 5.00 Å². The summed E-state index contributed by atoms with van der Waals surface area (Å²) in [6, 6.07) is 5.71. The highest BCUT2D eigenvalue weighted by Gasteiger charge is 2.24. The molecule has 0 saturated carbocycles. The van der Waals surface area contributed by atoms with Crippen molar-refractivity contribution in [3.05, 3.63) is 45.3 Å². The fourth-order valence-electron chi connectivity index (χ4n) is 2.42. The van der Waals surface area contributed by atoms with E-state index in [4.69, 9.17) is 9.47 Å². The van der Waals surface area contributed by atoms with Crippen molar-refractivity contribution in [2.45, 2.75) is 47.6 Å². The van der Waals surface area contributed by atoms with Crippen molar-refractivity contribution >= 4 is 28.2 Å². The first-order valence-corrected chi connectivity index (χ1v) is 9.38. The summed E-state index contributed by atoms with van der Waals surface area (Å²) in [5.41, 5.74) is 3.51. The molecule has 6 heteroatoms. The molecule has 0 unspecified atom stereocenters. The highest BCUT2D eigenvalue weighted by Crippen LogP contribution is 2.33. The number of ether oxygens (including phenoxy) is 2. The molecule has 0 aliphatic heterocycles. The molecule has 140 valence electrons. The average Bonchev–Trinajstić information content (AvgIpc) is 2.85. The van der Waals surface area contributed by atoms with E-state index in [-0.39, 0.29) is 12.5 Å². The Morgan fingerprint density at radius 1 is 1.15 bits per heavy atom. The number of anilines is 1. The van der Waals surface area contributed by atoms with Gasteiger partial charge in [0.05, 0.1) is 12.2 Å². The molecule has 0 radical (unpaired) electrons. The predicted molar refractivity (Wildman–Crippen MR) is 104 cm³/mol. The Balaban J connectivity index is 2.15. The quantitative estimate of drug-likeness (QED) is 0.752. The zero-order chi connectivity index (χ0) is 19.4. The van der Waals surface area contributed by atoms with Crippen LogP contribution in [0.5, 0.6) is 5.75 Å². The number of carbonyl (C=O) groups is 2. The van der Waals surface area contributed by atoms with Crippen molar-refractivity contribution in [1.29, 1.82) is 0 Å². The first-order valence-electron chi connectivity index (χ1n) is 8.56. The van der Waals surface area contributed by atoms with Gasteiger partial charge >= 0.3 is 5.97 Å². The Morgan fingerprint density at radius 2 is 1.85 bits per heavy atom. The van der Waals surface area contributed by atoms with Gasteiger partial charge in [0, 0.05) is 4.88 Å². The van der Waals surface area contributed by atoms with E-state index in [0.29, 0.717) is 16.3 Å². The van der Waals surface area contributed by atoms with Crippen LogP contribution >= 0.6 is 11.3 Å². The van der Waals surface area contributed by atoms with Crippen LogP contribution in [-0.2, 0) is 9.53 Å². The lowest BCUT2D eigenvalue weighted by Gasteiger charge is -2.15. The number of nitrogens with one attached hydrogen (secondary N) is 1. The maximum atomic E-state index is 12.5. The zero-order valence-electron chi connectivity index (χ0n) is 16.1. The summed E-state index contributed by atoms with van der Waals surface area (Å²) >= 11 is 1.36. The molecular weight excluding hydrogens is 350 g/mol. The van der Waals surface area contributed by atoms with Gasteiger partial charge in [0.25, 0.3) is 5.91 Å². The van der Waals surface area contributed by atoms with E-state index in [9.17, 15) is 9.59 Å². The first kappa shape index (κ1) is 20.0.